The zero-order valence-corrected chi connectivity index (χ0v) is 17.2. The Kier molecular flexibility index (Phi) is 8.54. The Bertz CT molecular complexity index is 804. The predicted octanol–water partition coefficient (Wildman–Crippen LogP) is 3.71. The normalized spacial score (nSPS) is 12.3. The molecule has 2 aromatic rings. The van der Waals surface area contributed by atoms with Gasteiger partial charge in [-0.25, -0.2) is 4.98 Å². The first-order valence-electron chi connectivity index (χ1n) is 9.15. The molecule has 0 aromatic carbocycles. The largest absolute Gasteiger partial charge is 0.361 e. The highest BCUT2D eigenvalue weighted by atomic mass is 35.5. The monoisotopic (exact) mass is 407 g/mol. The summed E-state index contributed by atoms with van der Waals surface area (Å²) in [5, 5.41) is 3.85. The standard InChI is InChI=1S/C19H26ClN5OS/c1-3-4-5-8-14(2)13-21-19(27)24-23-17(26)11-10-15-18(20)22-16-9-6-7-12-25(15)16/h6-7,9-12,14H,3-5,8,13H2,1-2H3,(H,23,26)(H2,21,24,27)/b11-10+/t14-/m1/s1. The van der Waals surface area contributed by atoms with Crippen molar-refractivity contribution in [3.8, 4) is 0 Å². The zero-order valence-electron chi connectivity index (χ0n) is 15.7. The SMILES string of the molecule is CCCCC[C@@H](C)CNC(=S)NNC(=O)/C=C/c1c(Cl)nc2ccccn12. The van der Waals surface area contributed by atoms with Gasteiger partial charge in [-0.05, 0) is 42.8 Å². The lowest BCUT2D eigenvalue weighted by Crippen LogP contribution is -2.47. The molecule has 0 aliphatic carbocycles. The topological polar surface area (TPSA) is 70.5 Å². The Labute approximate surface area is 170 Å². The summed E-state index contributed by atoms with van der Waals surface area (Å²) >= 11 is 11.3. The smallest absolute Gasteiger partial charge is 0.262 e. The van der Waals surface area contributed by atoms with E-state index in [1.807, 2.05) is 28.8 Å². The number of hydrogen-bond acceptors (Lipinski definition) is 3. The minimum atomic E-state index is -0.336. The van der Waals surface area contributed by atoms with Crippen LogP contribution in [0.2, 0.25) is 5.15 Å². The summed E-state index contributed by atoms with van der Waals surface area (Å²) in [6.07, 6.45) is 9.71. The molecular formula is C19H26ClN5OS. The van der Waals surface area contributed by atoms with Crippen LogP contribution in [0.3, 0.4) is 0 Å². The Morgan fingerprint density at radius 3 is 2.96 bits per heavy atom. The Hall–Kier alpha value is -2.12. The molecule has 1 amide bonds. The van der Waals surface area contributed by atoms with Crippen molar-refractivity contribution in [2.75, 3.05) is 6.54 Å². The third-order valence-electron chi connectivity index (χ3n) is 4.13. The fraction of sp³-hybridized carbons (Fsp3) is 0.421. The van der Waals surface area contributed by atoms with Crippen LogP contribution in [0.1, 0.15) is 45.2 Å². The summed E-state index contributed by atoms with van der Waals surface area (Å²) in [5.41, 5.74) is 6.60. The van der Waals surface area contributed by atoms with Crippen molar-refractivity contribution in [2.24, 2.45) is 5.92 Å². The van der Waals surface area contributed by atoms with Crippen LogP contribution in [0, 0.1) is 5.92 Å². The molecule has 0 fully saturated rings. The van der Waals surface area contributed by atoms with Crippen LogP contribution in [-0.4, -0.2) is 26.9 Å². The maximum Gasteiger partial charge on any atom is 0.262 e. The van der Waals surface area contributed by atoms with E-state index in [2.05, 4.69) is 35.0 Å². The quantitative estimate of drug-likeness (QED) is 0.269. The molecule has 3 N–H and O–H groups in total. The molecule has 0 unspecified atom stereocenters. The summed E-state index contributed by atoms with van der Waals surface area (Å²) in [5.74, 6) is 0.196. The van der Waals surface area contributed by atoms with Gasteiger partial charge < -0.3 is 5.32 Å². The molecule has 1 atom stereocenters. The van der Waals surface area contributed by atoms with Gasteiger partial charge in [-0.1, -0.05) is 50.8 Å². The number of carbonyl (C=O) groups is 1. The van der Waals surface area contributed by atoms with E-state index in [4.69, 9.17) is 23.8 Å². The molecule has 0 radical (unpaired) electrons. The highest BCUT2D eigenvalue weighted by molar-refractivity contribution is 7.80. The van der Waals surface area contributed by atoms with E-state index >= 15 is 0 Å². The van der Waals surface area contributed by atoms with E-state index in [-0.39, 0.29) is 5.91 Å². The molecule has 0 spiro atoms. The van der Waals surface area contributed by atoms with Crippen molar-refractivity contribution >= 4 is 46.6 Å². The number of nitrogens with zero attached hydrogens (tertiary/aromatic N) is 2. The number of hydrazine groups is 1. The first-order valence-corrected chi connectivity index (χ1v) is 9.94. The Morgan fingerprint density at radius 2 is 2.19 bits per heavy atom. The van der Waals surface area contributed by atoms with Gasteiger partial charge in [-0.3, -0.25) is 20.0 Å². The van der Waals surface area contributed by atoms with Crippen molar-refractivity contribution in [1.82, 2.24) is 25.6 Å². The number of aromatic nitrogens is 2. The Morgan fingerprint density at radius 1 is 1.37 bits per heavy atom. The predicted molar refractivity (Wildman–Crippen MR) is 114 cm³/mol. The number of imidazole rings is 1. The average Bonchev–Trinajstić information content (AvgIpc) is 2.98. The fourth-order valence-electron chi connectivity index (χ4n) is 2.61. The Balaban J connectivity index is 1.76. The molecular weight excluding hydrogens is 382 g/mol. The fourth-order valence-corrected chi connectivity index (χ4v) is 2.98. The molecule has 0 aliphatic heterocycles. The van der Waals surface area contributed by atoms with Crippen LogP contribution < -0.4 is 16.2 Å². The molecule has 8 heteroatoms. The minimum Gasteiger partial charge on any atom is -0.361 e. The van der Waals surface area contributed by atoms with E-state index in [0.29, 0.717) is 21.9 Å². The summed E-state index contributed by atoms with van der Waals surface area (Å²) in [4.78, 5) is 16.2. The van der Waals surface area contributed by atoms with Crippen molar-refractivity contribution < 1.29 is 4.79 Å². The zero-order chi connectivity index (χ0) is 19.6. The first kappa shape index (κ1) is 21.2. The number of carbonyl (C=O) groups excluding carboxylic acids is 1. The summed E-state index contributed by atoms with van der Waals surface area (Å²) in [6, 6.07) is 5.59. The van der Waals surface area contributed by atoms with Crippen molar-refractivity contribution in [2.45, 2.75) is 39.5 Å². The lowest BCUT2D eigenvalue weighted by molar-refractivity contribution is -0.116. The highest BCUT2D eigenvalue weighted by Gasteiger charge is 2.07. The second kappa shape index (κ2) is 10.9. The lowest BCUT2D eigenvalue weighted by atomic mass is 10.0. The van der Waals surface area contributed by atoms with Gasteiger partial charge >= 0.3 is 0 Å². The molecule has 2 rings (SSSR count). The third kappa shape index (κ3) is 6.84. The molecule has 146 valence electrons. The molecule has 0 bridgehead atoms. The highest BCUT2D eigenvalue weighted by Crippen LogP contribution is 2.18. The average molecular weight is 408 g/mol. The van der Waals surface area contributed by atoms with Crippen LogP contribution in [-0.2, 0) is 4.79 Å². The summed E-state index contributed by atoms with van der Waals surface area (Å²) < 4.78 is 1.81. The molecule has 27 heavy (non-hydrogen) atoms. The van der Waals surface area contributed by atoms with E-state index in [1.54, 1.807) is 6.08 Å². The van der Waals surface area contributed by atoms with E-state index in [9.17, 15) is 4.79 Å². The van der Waals surface area contributed by atoms with Crippen LogP contribution in [0.15, 0.2) is 30.5 Å². The lowest BCUT2D eigenvalue weighted by Gasteiger charge is -2.15. The first-order chi connectivity index (χ1) is 13.0. The maximum atomic E-state index is 12.0. The number of pyridine rings is 1. The summed E-state index contributed by atoms with van der Waals surface area (Å²) in [6.45, 7) is 5.16. The number of fused-ring (bicyclic) bond motifs is 1. The molecule has 0 aliphatic rings. The van der Waals surface area contributed by atoms with E-state index in [0.717, 1.165) is 12.2 Å². The van der Waals surface area contributed by atoms with Gasteiger partial charge in [0.15, 0.2) is 10.3 Å². The van der Waals surface area contributed by atoms with Gasteiger partial charge in [0.2, 0.25) is 0 Å². The van der Waals surface area contributed by atoms with Gasteiger partial charge in [0.1, 0.15) is 5.65 Å². The molecule has 6 nitrogen and oxygen atoms in total. The molecule has 2 aromatic heterocycles. The maximum absolute atomic E-state index is 12.0. The van der Waals surface area contributed by atoms with E-state index < -0.39 is 0 Å². The molecule has 0 saturated carbocycles. The number of amides is 1. The van der Waals surface area contributed by atoms with Gasteiger partial charge in [0.25, 0.3) is 5.91 Å². The van der Waals surface area contributed by atoms with Crippen LogP contribution in [0.4, 0.5) is 0 Å². The number of nitrogens with one attached hydrogen (secondary N) is 3. The van der Waals surface area contributed by atoms with Crippen LogP contribution in [0.5, 0.6) is 0 Å². The molecule has 0 saturated heterocycles. The number of rotatable bonds is 8. The second-order valence-corrected chi connectivity index (χ2v) is 7.24. The van der Waals surface area contributed by atoms with Gasteiger partial charge in [0, 0.05) is 18.8 Å². The van der Waals surface area contributed by atoms with Gasteiger partial charge in [-0.15, -0.1) is 0 Å². The van der Waals surface area contributed by atoms with E-state index in [1.165, 1.54) is 31.8 Å². The number of halogens is 1. The van der Waals surface area contributed by atoms with Gasteiger partial charge in [0.05, 0.1) is 5.69 Å². The molecule has 2 heterocycles. The summed E-state index contributed by atoms with van der Waals surface area (Å²) in [7, 11) is 0. The van der Waals surface area contributed by atoms with Crippen molar-refractivity contribution in [1.29, 1.82) is 0 Å². The number of thiocarbonyl (C=S) groups is 1. The van der Waals surface area contributed by atoms with Crippen LogP contribution in [0.25, 0.3) is 11.7 Å². The number of unbranched alkanes of at least 4 members (excludes halogenated alkanes) is 2. The van der Waals surface area contributed by atoms with Crippen molar-refractivity contribution in [3.63, 3.8) is 0 Å². The number of hydrogen-bond donors (Lipinski definition) is 3. The van der Waals surface area contributed by atoms with Crippen LogP contribution >= 0.6 is 23.8 Å². The second-order valence-electron chi connectivity index (χ2n) is 6.48. The minimum absolute atomic E-state index is 0.336. The van der Waals surface area contributed by atoms with Gasteiger partial charge in [-0.2, -0.15) is 0 Å². The third-order valence-corrected chi connectivity index (χ3v) is 4.65. The van der Waals surface area contributed by atoms with Crippen molar-refractivity contribution in [3.05, 3.63) is 41.3 Å².